The smallest absolute Gasteiger partial charge is 0.269 e. The van der Waals surface area contributed by atoms with Gasteiger partial charge in [-0.05, 0) is 45.8 Å². The summed E-state index contributed by atoms with van der Waals surface area (Å²) in [5, 5.41) is 26.5. The molecule has 0 radical (unpaired) electrons. The van der Waals surface area contributed by atoms with Crippen LogP contribution in [0, 0.1) is 0 Å². The Hall–Kier alpha value is -3.07. The van der Waals surface area contributed by atoms with Crippen LogP contribution in [0.1, 0.15) is 5.56 Å². The van der Waals surface area contributed by atoms with E-state index >= 15 is 0 Å². The van der Waals surface area contributed by atoms with Gasteiger partial charge in [0.15, 0.2) is 0 Å². The lowest BCUT2D eigenvalue weighted by molar-refractivity contribution is -0.120. The van der Waals surface area contributed by atoms with E-state index in [-0.39, 0.29) is 24.4 Å². The Kier molecular flexibility index (Phi) is 6.56. The molecule has 0 heterocycles. The minimum Gasteiger partial charge on any atom is -0.507 e. The number of para-hydroxylation sites is 2. The second-order valence-corrected chi connectivity index (χ2v) is 6.18. The molecule has 2 aromatic carbocycles. The molecule has 0 aliphatic heterocycles. The van der Waals surface area contributed by atoms with E-state index in [2.05, 4.69) is 31.7 Å². The van der Waals surface area contributed by atoms with Crippen LogP contribution < -0.4 is 16.4 Å². The number of amides is 2. The van der Waals surface area contributed by atoms with Gasteiger partial charge in [-0.25, -0.2) is 0 Å². The van der Waals surface area contributed by atoms with Gasteiger partial charge in [0.25, 0.3) is 5.91 Å². The number of benzene rings is 2. The zero-order valence-electron chi connectivity index (χ0n) is 13.6. The SMILES string of the molecule is Nc1ccccc1NC(=O)CNC(=O)C(Cc1ccc(O)c(Br)c1)=NO. The lowest BCUT2D eigenvalue weighted by atomic mass is 10.1. The molecule has 0 aliphatic carbocycles. The van der Waals surface area contributed by atoms with Crippen molar-refractivity contribution in [3.63, 3.8) is 0 Å². The molecule has 0 bridgehead atoms. The van der Waals surface area contributed by atoms with E-state index in [0.717, 1.165) is 0 Å². The molecule has 0 fully saturated rings. The fourth-order valence-corrected chi connectivity index (χ4v) is 2.51. The average Bonchev–Trinajstić information content (AvgIpc) is 2.62. The van der Waals surface area contributed by atoms with Gasteiger partial charge in [-0.1, -0.05) is 23.4 Å². The second kappa shape index (κ2) is 8.86. The highest BCUT2D eigenvalue weighted by atomic mass is 79.9. The van der Waals surface area contributed by atoms with Crippen molar-refractivity contribution in [2.75, 3.05) is 17.6 Å². The van der Waals surface area contributed by atoms with E-state index in [0.29, 0.717) is 21.4 Å². The summed E-state index contributed by atoms with van der Waals surface area (Å²) >= 11 is 3.17. The van der Waals surface area contributed by atoms with Crippen LogP contribution in [0.3, 0.4) is 0 Å². The van der Waals surface area contributed by atoms with Crippen LogP contribution in [0.25, 0.3) is 0 Å². The molecular formula is C17H17BrN4O4. The van der Waals surface area contributed by atoms with E-state index < -0.39 is 11.8 Å². The topological polar surface area (TPSA) is 137 Å². The van der Waals surface area contributed by atoms with Gasteiger partial charge in [-0.3, -0.25) is 9.59 Å². The summed E-state index contributed by atoms with van der Waals surface area (Å²) in [6.07, 6.45) is 0.0223. The van der Waals surface area contributed by atoms with Crippen LogP contribution in [0.5, 0.6) is 5.75 Å². The van der Waals surface area contributed by atoms with Crippen molar-refractivity contribution in [3.8, 4) is 5.75 Å². The van der Waals surface area contributed by atoms with Gasteiger partial charge in [0.1, 0.15) is 11.5 Å². The van der Waals surface area contributed by atoms with Crippen LogP contribution >= 0.6 is 15.9 Å². The first-order valence-corrected chi connectivity index (χ1v) is 8.31. The summed E-state index contributed by atoms with van der Waals surface area (Å²) in [4.78, 5) is 24.0. The number of carbonyl (C=O) groups excluding carboxylic acids is 2. The Balaban J connectivity index is 1.91. The largest absolute Gasteiger partial charge is 0.507 e. The molecule has 2 aromatic rings. The van der Waals surface area contributed by atoms with Gasteiger partial charge in [-0.15, -0.1) is 0 Å². The Morgan fingerprint density at radius 3 is 2.58 bits per heavy atom. The predicted octanol–water partition coefficient (Wildman–Crippen LogP) is 1.86. The Labute approximate surface area is 157 Å². The van der Waals surface area contributed by atoms with E-state index in [9.17, 15) is 14.7 Å². The maximum atomic E-state index is 12.1. The minimum absolute atomic E-state index is 0.0223. The van der Waals surface area contributed by atoms with Gasteiger partial charge in [-0.2, -0.15) is 0 Å². The summed E-state index contributed by atoms with van der Waals surface area (Å²) in [6.45, 7) is -0.314. The molecule has 26 heavy (non-hydrogen) atoms. The van der Waals surface area contributed by atoms with Gasteiger partial charge in [0.2, 0.25) is 5.91 Å². The van der Waals surface area contributed by atoms with Crippen molar-refractivity contribution in [1.29, 1.82) is 0 Å². The number of nitrogens with one attached hydrogen (secondary N) is 2. The first kappa shape index (κ1) is 19.3. The van der Waals surface area contributed by atoms with Crippen LogP contribution in [0.2, 0.25) is 0 Å². The number of nitrogens with zero attached hydrogens (tertiary/aromatic N) is 1. The summed E-state index contributed by atoms with van der Waals surface area (Å²) in [7, 11) is 0. The van der Waals surface area contributed by atoms with Gasteiger partial charge < -0.3 is 26.7 Å². The quantitative estimate of drug-likeness (QED) is 0.210. The van der Waals surface area contributed by atoms with Gasteiger partial charge in [0.05, 0.1) is 22.4 Å². The summed E-state index contributed by atoms with van der Waals surface area (Å²) in [5.41, 5.74) is 7.04. The number of oxime groups is 1. The predicted molar refractivity (Wildman–Crippen MR) is 101 cm³/mol. The van der Waals surface area contributed by atoms with Crippen molar-refractivity contribution in [1.82, 2.24) is 5.32 Å². The van der Waals surface area contributed by atoms with Crippen molar-refractivity contribution < 1.29 is 19.9 Å². The number of hydrogen-bond donors (Lipinski definition) is 5. The molecule has 2 rings (SSSR count). The Bertz CT molecular complexity index is 854. The minimum atomic E-state index is -0.687. The fourth-order valence-electron chi connectivity index (χ4n) is 2.08. The Morgan fingerprint density at radius 2 is 1.92 bits per heavy atom. The van der Waals surface area contributed by atoms with E-state index in [1.54, 1.807) is 36.4 Å². The van der Waals surface area contributed by atoms with Crippen molar-refractivity contribution in [3.05, 3.63) is 52.5 Å². The molecule has 136 valence electrons. The summed E-state index contributed by atoms with van der Waals surface area (Å²) in [5.74, 6) is -1.11. The Morgan fingerprint density at radius 1 is 1.19 bits per heavy atom. The maximum absolute atomic E-state index is 12.1. The van der Waals surface area contributed by atoms with Crippen LogP contribution in [0.4, 0.5) is 11.4 Å². The lowest BCUT2D eigenvalue weighted by Gasteiger charge is -2.10. The van der Waals surface area contributed by atoms with Crippen molar-refractivity contribution in [2.45, 2.75) is 6.42 Å². The molecule has 6 N–H and O–H groups in total. The zero-order valence-corrected chi connectivity index (χ0v) is 15.2. The second-order valence-electron chi connectivity index (χ2n) is 5.33. The summed E-state index contributed by atoms with van der Waals surface area (Å²) in [6, 6.07) is 11.4. The molecule has 0 atom stereocenters. The van der Waals surface area contributed by atoms with Crippen molar-refractivity contribution >= 4 is 44.8 Å². The van der Waals surface area contributed by atoms with Crippen LogP contribution in [0.15, 0.2) is 52.1 Å². The number of halogens is 1. The third kappa shape index (κ3) is 5.21. The molecule has 8 nitrogen and oxygen atoms in total. The first-order chi connectivity index (χ1) is 12.4. The highest BCUT2D eigenvalue weighted by Crippen LogP contribution is 2.24. The number of hydrogen-bond acceptors (Lipinski definition) is 6. The number of phenolic OH excluding ortho intramolecular Hbond substituents is 1. The van der Waals surface area contributed by atoms with E-state index in [4.69, 9.17) is 10.9 Å². The number of nitrogen functional groups attached to an aromatic ring is 1. The summed E-state index contributed by atoms with van der Waals surface area (Å²) < 4.78 is 0.451. The molecule has 9 heteroatoms. The molecular weight excluding hydrogens is 404 g/mol. The number of carbonyl (C=O) groups is 2. The molecule has 0 aliphatic rings. The first-order valence-electron chi connectivity index (χ1n) is 7.51. The normalized spacial score (nSPS) is 11.0. The van der Waals surface area contributed by atoms with Crippen LogP contribution in [-0.2, 0) is 16.0 Å². The molecule has 0 aromatic heterocycles. The third-order valence-electron chi connectivity index (χ3n) is 3.41. The number of aromatic hydroxyl groups is 1. The lowest BCUT2D eigenvalue weighted by Crippen LogP contribution is -2.38. The van der Waals surface area contributed by atoms with Gasteiger partial charge in [0, 0.05) is 6.42 Å². The average molecular weight is 421 g/mol. The number of anilines is 2. The number of rotatable bonds is 6. The van der Waals surface area contributed by atoms with Gasteiger partial charge >= 0.3 is 0 Å². The maximum Gasteiger partial charge on any atom is 0.269 e. The molecule has 0 unspecified atom stereocenters. The van der Waals surface area contributed by atoms with E-state index in [1.165, 1.54) is 6.07 Å². The fraction of sp³-hybridized carbons (Fsp3) is 0.118. The molecule has 0 spiro atoms. The number of phenols is 1. The number of nitrogens with two attached hydrogens (primary N) is 1. The molecule has 2 amide bonds. The van der Waals surface area contributed by atoms with Crippen molar-refractivity contribution in [2.24, 2.45) is 5.16 Å². The molecule has 0 saturated carbocycles. The standard InChI is InChI=1S/C17H17BrN4O4/c18-11-7-10(5-6-15(11)23)8-14(22-26)17(25)20-9-16(24)21-13-4-2-1-3-12(13)19/h1-7,23,26H,8-9,19H2,(H,20,25)(H,21,24). The molecule has 0 saturated heterocycles. The highest BCUT2D eigenvalue weighted by Gasteiger charge is 2.15. The van der Waals surface area contributed by atoms with Crippen LogP contribution in [-0.4, -0.2) is 34.4 Å². The van der Waals surface area contributed by atoms with E-state index in [1.807, 2.05) is 0 Å². The monoisotopic (exact) mass is 420 g/mol. The highest BCUT2D eigenvalue weighted by molar-refractivity contribution is 9.10. The zero-order chi connectivity index (χ0) is 19.1. The third-order valence-corrected chi connectivity index (χ3v) is 4.05.